The fraction of sp³-hybridized carbons (Fsp3) is 0.304. The van der Waals surface area contributed by atoms with Crippen LogP contribution in [-0.4, -0.2) is 94.8 Å². The van der Waals surface area contributed by atoms with Crippen LogP contribution < -0.4 is 9.47 Å². The Morgan fingerprint density at radius 1 is 0.629 bits per heavy atom. The Morgan fingerprint density at radius 2 is 1.02 bits per heavy atom. The van der Waals surface area contributed by atoms with Gasteiger partial charge in [-0.2, -0.15) is 0 Å². The lowest BCUT2D eigenvalue weighted by Gasteiger charge is -2.60. The molecular formula is C46H40Cl2N2O12. The first-order valence-electron chi connectivity index (χ1n) is 19.8. The molecule has 14 nitrogen and oxygen atoms in total. The summed E-state index contributed by atoms with van der Waals surface area (Å²) in [7, 11) is 3.03. The van der Waals surface area contributed by atoms with Crippen molar-refractivity contribution in [2.45, 2.75) is 76.2 Å². The minimum Gasteiger partial charge on any atom is -0.497 e. The molecule has 10 rings (SSSR count). The molecule has 3 unspecified atom stereocenters. The van der Waals surface area contributed by atoms with Crippen molar-refractivity contribution in [1.82, 2.24) is 9.13 Å². The van der Waals surface area contributed by atoms with Gasteiger partial charge in [-0.25, -0.2) is 0 Å². The molecule has 16 heteroatoms. The van der Waals surface area contributed by atoms with Gasteiger partial charge >= 0.3 is 11.9 Å². The van der Waals surface area contributed by atoms with Crippen molar-refractivity contribution in [3.63, 3.8) is 0 Å². The number of esters is 2. The van der Waals surface area contributed by atoms with Crippen molar-refractivity contribution in [2.75, 3.05) is 14.2 Å². The number of ether oxygens (including phenoxy) is 7. The number of hydrogen-bond donors (Lipinski definition) is 1. The van der Waals surface area contributed by atoms with E-state index in [1.165, 1.54) is 30.3 Å². The second kappa shape index (κ2) is 15.9. The Morgan fingerprint density at radius 3 is 1.40 bits per heavy atom. The molecule has 4 fully saturated rings. The number of carbonyl (C=O) groups is 4. The van der Waals surface area contributed by atoms with Crippen molar-refractivity contribution < 1.29 is 57.4 Å². The lowest BCUT2D eigenvalue weighted by atomic mass is 9.81. The number of nitrogens with zero attached hydrogens (tertiary/aromatic N) is 2. The highest BCUT2D eigenvalue weighted by molar-refractivity contribution is 6.31. The number of aliphatic hydroxyl groups excluding tert-OH is 1. The van der Waals surface area contributed by atoms with Gasteiger partial charge in [0.15, 0.2) is 12.2 Å². The molecule has 0 radical (unpaired) electrons. The molecule has 62 heavy (non-hydrogen) atoms. The molecule has 2 aromatic heterocycles. The monoisotopic (exact) mass is 882 g/mol. The van der Waals surface area contributed by atoms with Crippen molar-refractivity contribution in [3.8, 4) is 11.5 Å². The number of hydrogen-bond acceptors (Lipinski definition) is 12. The van der Waals surface area contributed by atoms with E-state index >= 15 is 0 Å². The molecule has 0 spiro atoms. The van der Waals surface area contributed by atoms with Gasteiger partial charge in [0.05, 0.1) is 38.1 Å². The summed E-state index contributed by atoms with van der Waals surface area (Å²) >= 11 is 12.2. The summed E-state index contributed by atoms with van der Waals surface area (Å²) in [4.78, 5) is 55.9. The molecule has 6 aromatic rings. The quantitative estimate of drug-likeness (QED) is 0.144. The minimum absolute atomic E-state index is 0.286. The Hall–Kier alpha value is -5.74. The lowest BCUT2D eigenvalue weighted by Crippen LogP contribution is -2.79. The van der Waals surface area contributed by atoms with Crippen LogP contribution in [0.3, 0.4) is 0 Å². The zero-order valence-corrected chi connectivity index (χ0v) is 35.6. The van der Waals surface area contributed by atoms with Gasteiger partial charge in [-0.1, -0.05) is 23.2 Å². The van der Waals surface area contributed by atoms with Gasteiger partial charge in [-0.05, 0) is 110 Å². The predicted molar refractivity (Wildman–Crippen MR) is 225 cm³/mol. The average Bonchev–Trinajstić information content (AvgIpc) is 3.68. The third kappa shape index (κ3) is 7.10. The molecule has 4 aromatic carbocycles. The number of methoxy groups -OCH3 is 2. The maximum Gasteiger partial charge on any atom is 0.310 e. The van der Waals surface area contributed by atoms with Crippen molar-refractivity contribution in [2.24, 2.45) is 0 Å². The first-order valence-corrected chi connectivity index (χ1v) is 20.5. The van der Waals surface area contributed by atoms with Crippen molar-refractivity contribution >= 4 is 68.8 Å². The second-order valence-electron chi connectivity index (χ2n) is 15.6. The summed E-state index contributed by atoms with van der Waals surface area (Å²) in [6.45, 7) is 4.99. The van der Waals surface area contributed by atoms with Gasteiger partial charge in [0, 0.05) is 50.3 Å². The molecule has 1 N–H and O–H groups in total. The molecule has 3 aliphatic heterocycles. The fourth-order valence-corrected chi connectivity index (χ4v) is 9.16. The number of aromatic nitrogens is 2. The van der Waals surface area contributed by atoms with E-state index < -0.39 is 54.5 Å². The molecule has 1 aliphatic carbocycles. The highest BCUT2D eigenvalue weighted by Crippen LogP contribution is 2.47. The molecular weight excluding hydrogens is 843 g/mol. The zero-order valence-electron chi connectivity index (χ0n) is 34.0. The maximum absolute atomic E-state index is 14.0. The summed E-state index contributed by atoms with van der Waals surface area (Å²) in [5, 5.41) is 13.7. The molecule has 5 heterocycles. The number of aliphatic hydroxyl groups is 1. The van der Waals surface area contributed by atoms with E-state index in [9.17, 15) is 24.3 Å². The van der Waals surface area contributed by atoms with Gasteiger partial charge in [-0.3, -0.25) is 28.3 Å². The van der Waals surface area contributed by atoms with Gasteiger partial charge in [-0.15, -0.1) is 0 Å². The van der Waals surface area contributed by atoms with E-state index in [-0.39, 0.29) is 24.7 Å². The van der Waals surface area contributed by atoms with E-state index in [1.807, 2.05) is 0 Å². The smallest absolute Gasteiger partial charge is 0.310 e. The molecule has 0 amide bonds. The molecule has 1 saturated carbocycles. The summed E-state index contributed by atoms with van der Waals surface area (Å²) in [6.07, 6.45) is -7.68. The summed E-state index contributed by atoms with van der Waals surface area (Å²) in [5.74, 6) is -2.68. The largest absolute Gasteiger partial charge is 0.497 e. The zero-order chi connectivity index (χ0) is 43.8. The molecule has 4 bridgehead atoms. The fourth-order valence-electron chi connectivity index (χ4n) is 8.90. The van der Waals surface area contributed by atoms with E-state index in [1.54, 1.807) is 98.8 Å². The van der Waals surface area contributed by atoms with Crippen LogP contribution in [0.1, 0.15) is 50.2 Å². The number of carbonyl (C=O) groups excluding carboxylic acids is 4. The third-order valence-corrected chi connectivity index (χ3v) is 12.4. The SMILES string of the molecule is COc1ccc2c(c1)c(CC(=O)O[C@@H]1C3OC4(C)O[C@@H]1C(O)[C@H](O4)[C@H]3OC(=O)Cc1c(C)n(C(=O)c3ccc(Cl)cc3)c3ccc(OC)cc13)c(C)n2C(=O)c1ccc(Cl)cc1. The van der Waals surface area contributed by atoms with Crippen molar-refractivity contribution in [1.29, 1.82) is 0 Å². The van der Waals surface area contributed by atoms with Gasteiger partial charge in [0.2, 0.25) is 0 Å². The normalized spacial score (nSPS) is 23.7. The lowest BCUT2D eigenvalue weighted by molar-refractivity contribution is -0.530. The Balaban J connectivity index is 0.990. The standard InChI is InChI=1S/C46H40Cl2N2O12/c1-22-30(32-18-28(56-4)14-16-34(32)49(22)44(54)24-6-10-26(47)11-7-24)20-36(51)58-41-39-38(53)40-42(43(41)62-46(3,60-39)61-40)59-37(52)21-31-23(2)50(35-17-15-29(57-5)19-33(31)35)45(55)25-8-12-27(48)13-9-25/h6-19,38-43,53H,20-21H2,1-5H3/t38?,39-,40+,41+,42-,43?,46?. The first kappa shape index (κ1) is 41.6. The van der Waals surface area contributed by atoms with Crippen LogP contribution in [0.25, 0.3) is 21.8 Å². The highest BCUT2D eigenvalue weighted by Gasteiger charge is 2.68. The highest BCUT2D eigenvalue weighted by atomic mass is 35.5. The maximum atomic E-state index is 14.0. The van der Waals surface area contributed by atoms with E-state index in [0.717, 1.165) is 0 Å². The first-order chi connectivity index (χ1) is 29.7. The van der Waals surface area contributed by atoms with Crippen LogP contribution >= 0.6 is 23.2 Å². The number of rotatable bonds is 10. The molecule has 320 valence electrons. The van der Waals surface area contributed by atoms with Gasteiger partial charge in [0.25, 0.3) is 17.8 Å². The number of halogens is 2. The van der Waals surface area contributed by atoms with Gasteiger partial charge in [0.1, 0.15) is 35.9 Å². The van der Waals surface area contributed by atoms with E-state index in [4.69, 9.17) is 56.4 Å². The molecule has 7 atom stereocenters. The summed E-state index contributed by atoms with van der Waals surface area (Å²) in [5.41, 5.74) is 3.89. The van der Waals surface area contributed by atoms with Crippen molar-refractivity contribution in [3.05, 3.63) is 129 Å². The Kier molecular flexibility index (Phi) is 10.6. The number of fused-ring (bicyclic) bond motifs is 2. The van der Waals surface area contributed by atoms with Crippen LogP contribution in [0.15, 0.2) is 84.9 Å². The Bertz CT molecular complexity index is 2610. The van der Waals surface area contributed by atoms with Crippen LogP contribution in [0.4, 0.5) is 0 Å². The van der Waals surface area contributed by atoms with Gasteiger partial charge < -0.3 is 38.3 Å². The Labute approximate surface area is 364 Å². The van der Waals surface area contributed by atoms with E-state index in [0.29, 0.717) is 77.0 Å². The van der Waals surface area contributed by atoms with Crippen LogP contribution in [-0.2, 0) is 46.1 Å². The summed E-state index contributed by atoms with van der Waals surface area (Å²) < 4.78 is 44.3. The summed E-state index contributed by atoms with van der Waals surface area (Å²) in [6, 6.07) is 23.4. The topological polar surface area (TPSA) is 163 Å². The minimum atomic E-state index is -1.61. The third-order valence-electron chi connectivity index (χ3n) is 11.9. The van der Waals surface area contributed by atoms with E-state index in [2.05, 4.69) is 0 Å². The second-order valence-corrected chi connectivity index (χ2v) is 16.4. The molecule has 4 aliphatic rings. The average molecular weight is 884 g/mol. The number of benzene rings is 4. The van der Waals surface area contributed by atoms with Crippen LogP contribution in [0.2, 0.25) is 10.0 Å². The van der Waals surface area contributed by atoms with Crippen LogP contribution in [0.5, 0.6) is 11.5 Å². The predicted octanol–water partition coefficient (Wildman–Crippen LogP) is 6.75. The molecule has 3 saturated heterocycles. The van der Waals surface area contributed by atoms with Crippen LogP contribution in [0, 0.1) is 13.8 Å².